The number of aromatic amines is 1. The number of anilines is 1. The molecule has 2 saturated heterocycles. The predicted molar refractivity (Wildman–Crippen MR) is 104 cm³/mol. The van der Waals surface area contributed by atoms with Crippen LogP contribution in [0.5, 0.6) is 0 Å². The molecule has 3 heterocycles. The van der Waals surface area contributed by atoms with Crippen molar-refractivity contribution in [2.24, 2.45) is 0 Å². The summed E-state index contributed by atoms with van der Waals surface area (Å²) in [6, 6.07) is 11.5. The number of aromatic nitrogens is 2. The molecule has 0 spiro atoms. The molecule has 0 radical (unpaired) electrons. The number of piperazine rings is 1. The fraction of sp³-hybridized carbons (Fsp3) is 0.450. The normalized spacial score (nSPS) is 21.1. The van der Waals surface area contributed by atoms with Crippen molar-refractivity contribution in [3.63, 3.8) is 0 Å². The SMILES string of the molecule is CN1CCN(c2nc(C3CC(=O)N(Cc4ccccc4)C3)cc(=O)[nH]2)CC1. The summed E-state index contributed by atoms with van der Waals surface area (Å²) >= 11 is 0. The molecular formula is C20H25N5O2. The average Bonchev–Trinajstić information content (AvgIpc) is 3.03. The van der Waals surface area contributed by atoms with Crippen LogP contribution in [0.15, 0.2) is 41.2 Å². The summed E-state index contributed by atoms with van der Waals surface area (Å²) in [6.07, 6.45) is 0.408. The first-order chi connectivity index (χ1) is 13.1. The van der Waals surface area contributed by atoms with E-state index in [0.717, 1.165) is 37.4 Å². The van der Waals surface area contributed by atoms with E-state index < -0.39 is 0 Å². The lowest BCUT2D eigenvalue weighted by Gasteiger charge is -2.32. The molecular weight excluding hydrogens is 342 g/mol. The molecule has 1 N–H and O–H groups in total. The van der Waals surface area contributed by atoms with E-state index in [1.165, 1.54) is 0 Å². The largest absolute Gasteiger partial charge is 0.340 e. The third-order valence-electron chi connectivity index (χ3n) is 5.40. The zero-order chi connectivity index (χ0) is 18.8. The van der Waals surface area contributed by atoms with Crippen LogP contribution in [0.4, 0.5) is 5.95 Å². The molecule has 7 nitrogen and oxygen atoms in total. The maximum absolute atomic E-state index is 12.5. The van der Waals surface area contributed by atoms with Gasteiger partial charge in [0, 0.05) is 57.7 Å². The lowest BCUT2D eigenvalue weighted by Crippen LogP contribution is -2.45. The van der Waals surface area contributed by atoms with Crippen molar-refractivity contribution in [2.45, 2.75) is 18.9 Å². The second kappa shape index (κ2) is 7.52. The van der Waals surface area contributed by atoms with Crippen LogP contribution in [0.25, 0.3) is 0 Å². The molecule has 1 aromatic heterocycles. The van der Waals surface area contributed by atoms with Gasteiger partial charge in [0.1, 0.15) is 0 Å². The van der Waals surface area contributed by atoms with Crippen LogP contribution in [0.2, 0.25) is 0 Å². The maximum atomic E-state index is 12.5. The van der Waals surface area contributed by atoms with E-state index in [-0.39, 0.29) is 17.4 Å². The van der Waals surface area contributed by atoms with Crippen molar-refractivity contribution in [1.82, 2.24) is 19.8 Å². The maximum Gasteiger partial charge on any atom is 0.252 e. The van der Waals surface area contributed by atoms with Crippen molar-refractivity contribution in [2.75, 3.05) is 44.7 Å². The number of nitrogens with zero attached hydrogens (tertiary/aromatic N) is 4. The Balaban J connectivity index is 1.50. The van der Waals surface area contributed by atoms with E-state index >= 15 is 0 Å². The molecule has 142 valence electrons. The Labute approximate surface area is 158 Å². The Morgan fingerprint density at radius 3 is 2.59 bits per heavy atom. The minimum Gasteiger partial charge on any atom is -0.340 e. The number of likely N-dealkylation sites (N-methyl/N-ethyl adjacent to an activating group) is 1. The first kappa shape index (κ1) is 17.7. The highest BCUT2D eigenvalue weighted by Gasteiger charge is 2.32. The number of hydrogen-bond acceptors (Lipinski definition) is 5. The van der Waals surface area contributed by atoms with Crippen molar-refractivity contribution in [3.8, 4) is 0 Å². The van der Waals surface area contributed by atoms with Gasteiger partial charge in [0.25, 0.3) is 5.56 Å². The molecule has 0 aliphatic carbocycles. The van der Waals surface area contributed by atoms with Crippen molar-refractivity contribution in [3.05, 3.63) is 58.0 Å². The number of benzene rings is 1. The van der Waals surface area contributed by atoms with Crippen LogP contribution >= 0.6 is 0 Å². The third-order valence-corrected chi connectivity index (χ3v) is 5.40. The second-order valence-electron chi connectivity index (χ2n) is 7.45. The van der Waals surface area contributed by atoms with E-state index in [1.807, 2.05) is 35.2 Å². The van der Waals surface area contributed by atoms with Crippen LogP contribution in [0.1, 0.15) is 23.6 Å². The molecule has 1 unspecified atom stereocenters. The number of hydrogen-bond donors (Lipinski definition) is 1. The van der Waals surface area contributed by atoms with E-state index in [0.29, 0.717) is 25.5 Å². The topological polar surface area (TPSA) is 72.5 Å². The summed E-state index contributed by atoms with van der Waals surface area (Å²) < 4.78 is 0. The number of H-pyrrole nitrogens is 1. The molecule has 7 heteroatoms. The van der Waals surface area contributed by atoms with Gasteiger partial charge in [-0.2, -0.15) is 0 Å². The highest BCUT2D eigenvalue weighted by molar-refractivity contribution is 5.79. The van der Waals surface area contributed by atoms with Gasteiger partial charge in [-0.1, -0.05) is 30.3 Å². The smallest absolute Gasteiger partial charge is 0.252 e. The fourth-order valence-electron chi connectivity index (χ4n) is 3.77. The third kappa shape index (κ3) is 4.03. The van der Waals surface area contributed by atoms with Gasteiger partial charge in [-0.25, -0.2) is 4.98 Å². The second-order valence-corrected chi connectivity index (χ2v) is 7.45. The van der Waals surface area contributed by atoms with Crippen LogP contribution in [0.3, 0.4) is 0 Å². The monoisotopic (exact) mass is 367 g/mol. The summed E-state index contributed by atoms with van der Waals surface area (Å²) in [5, 5.41) is 0. The summed E-state index contributed by atoms with van der Waals surface area (Å²) in [4.78, 5) is 38.5. The summed E-state index contributed by atoms with van der Waals surface area (Å²) in [7, 11) is 2.09. The minimum atomic E-state index is -0.150. The van der Waals surface area contributed by atoms with Gasteiger partial charge in [-0.3, -0.25) is 14.6 Å². The quantitative estimate of drug-likeness (QED) is 0.874. The summed E-state index contributed by atoms with van der Waals surface area (Å²) in [5.74, 6) is 0.710. The number of likely N-dealkylation sites (tertiary alicyclic amines) is 1. The first-order valence-corrected chi connectivity index (χ1v) is 9.45. The highest BCUT2D eigenvalue weighted by atomic mass is 16.2. The molecule has 4 rings (SSSR count). The average molecular weight is 367 g/mol. The molecule has 1 amide bonds. The Hall–Kier alpha value is -2.67. The molecule has 2 aliphatic heterocycles. The van der Waals surface area contributed by atoms with Crippen LogP contribution < -0.4 is 10.5 Å². The first-order valence-electron chi connectivity index (χ1n) is 9.45. The van der Waals surface area contributed by atoms with E-state index in [4.69, 9.17) is 4.98 Å². The highest BCUT2D eigenvalue weighted by Crippen LogP contribution is 2.28. The number of carbonyl (C=O) groups is 1. The number of amides is 1. The Kier molecular flexibility index (Phi) is 4.94. The van der Waals surface area contributed by atoms with Gasteiger partial charge in [0.2, 0.25) is 11.9 Å². The van der Waals surface area contributed by atoms with Gasteiger partial charge < -0.3 is 14.7 Å². The van der Waals surface area contributed by atoms with Crippen LogP contribution in [0, 0.1) is 0 Å². The minimum absolute atomic E-state index is 0.0327. The van der Waals surface area contributed by atoms with Crippen molar-refractivity contribution >= 4 is 11.9 Å². The predicted octanol–water partition coefficient (Wildman–Crippen LogP) is 1.04. The zero-order valence-corrected chi connectivity index (χ0v) is 15.6. The zero-order valence-electron chi connectivity index (χ0n) is 15.6. The molecule has 2 fully saturated rings. The number of carbonyl (C=O) groups excluding carboxylic acids is 1. The Bertz CT molecular complexity index is 858. The van der Waals surface area contributed by atoms with Gasteiger partial charge in [-0.15, -0.1) is 0 Å². The number of rotatable bonds is 4. The van der Waals surface area contributed by atoms with Crippen molar-refractivity contribution in [1.29, 1.82) is 0 Å². The Morgan fingerprint density at radius 2 is 1.85 bits per heavy atom. The van der Waals surface area contributed by atoms with Gasteiger partial charge in [0.15, 0.2) is 0 Å². The van der Waals surface area contributed by atoms with Gasteiger partial charge in [-0.05, 0) is 12.6 Å². The fourth-order valence-corrected chi connectivity index (χ4v) is 3.77. The standard InChI is InChI=1S/C20H25N5O2/c1-23-7-9-24(10-8-23)20-21-17(12-18(26)22-20)16-11-19(27)25(14-16)13-15-5-3-2-4-6-15/h2-6,12,16H,7-11,13-14H2,1H3,(H,21,22,26). The molecule has 1 aromatic carbocycles. The summed E-state index contributed by atoms with van der Waals surface area (Å²) in [6.45, 7) is 4.78. The lowest BCUT2D eigenvalue weighted by atomic mass is 10.0. The van der Waals surface area contributed by atoms with E-state index in [9.17, 15) is 9.59 Å². The Morgan fingerprint density at radius 1 is 1.11 bits per heavy atom. The van der Waals surface area contributed by atoms with Gasteiger partial charge >= 0.3 is 0 Å². The van der Waals surface area contributed by atoms with Crippen LogP contribution in [-0.4, -0.2) is 65.4 Å². The lowest BCUT2D eigenvalue weighted by molar-refractivity contribution is -0.128. The molecule has 2 aliphatic rings. The van der Waals surface area contributed by atoms with E-state index in [1.54, 1.807) is 6.07 Å². The van der Waals surface area contributed by atoms with E-state index in [2.05, 4.69) is 21.8 Å². The van der Waals surface area contributed by atoms with Crippen molar-refractivity contribution < 1.29 is 4.79 Å². The van der Waals surface area contributed by atoms with Crippen LogP contribution in [-0.2, 0) is 11.3 Å². The molecule has 2 aromatic rings. The molecule has 0 saturated carbocycles. The summed E-state index contributed by atoms with van der Waals surface area (Å²) in [5.41, 5.74) is 1.68. The number of nitrogens with one attached hydrogen (secondary N) is 1. The molecule has 0 bridgehead atoms. The molecule has 1 atom stereocenters. The molecule has 27 heavy (non-hydrogen) atoms. The van der Waals surface area contributed by atoms with Gasteiger partial charge in [0.05, 0.1) is 5.69 Å².